The summed E-state index contributed by atoms with van der Waals surface area (Å²) in [5, 5.41) is 15.4. The second-order valence-electron chi connectivity index (χ2n) is 3.75. The van der Waals surface area contributed by atoms with Crippen molar-refractivity contribution in [3.63, 3.8) is 0 Å². The average molecular weight is 232 g/mol. The minimum atomic E-state index is 0.584. The lowest BCUT2D eigenvalue weighted by atomic mass is 10.3. The van der Waals surface area contributed by atoms with Crippen LogP contribution in [0.5, 0.6) is 0 Å². The Morgan fingerprint density at radius 1 is 1.47 bits per heavy atom. The Hall–Kier alpha value is -2.11. The zero-order chi connectivity index (χ0) is 12.3. The fraction of sp³-hybridized carbons (Fsp3) is 0.364. The minimum absolute atomic E-state index is 0.584. The maximum Gasteiger partial charge on any atom is 0.148 e. The summed E-state index contributed by atoms with van der Waals surface area (Å²) >= 11 is 0. The number of nitrogens with zero attached hydrogens (tertiary/aromatic N) is 4. The van der Waals surface area contributed by atoms with Crippen molar-refractivity contribution in [2.45, 2.75) is 19.9 Å². The molecule has 0 aliphatic carbocycles. The molecule has 90 valence electrons. The number of nitrogen functional groups attached to an aromatic ring is 1. The predicted molar refractivity (Wildman–Crippen MR) is 66.4 cm³/mol. The second kappa shape index (κ2) is 4.82. The lowest BCUT2D eigenvalue weighted by Gasteiger charge is -2.06. The third kappa shape index (κ3) is 2.35. The minimum Gasteiger partial charge on any atom is -0.394 e. The fourth-order valence-corrected chi connectivity index (χ4v) is 1.67. The van der Waals surface area contributed by atoms with E-state index in [4.69, 9.17) is 5.73 Å². The number of rotatable bonds is 4. The Balaban J connectivity index is 2.12. The lowest BCUT2D eigenvalue weighted by Crippen LogP contribution is -2.07. The molecule has 0 unspecified atom stereocenters. The topological polar surface area (TPSA) is 81.7 Å². The highest BCUT2D eigenvalue weighted by atomic mass is 15.3. The van der Waals surface area contributed by atoms with Gasteiger partial charge in [-0.1, -0.05) is 6.92 Å². The van der Waals surface area contributed by atoms with Gasteiger partial charge in [-0.3, -0.25) is 4.68 Å². The zero-order valence-electron chi connectivity index (χ0n) is 10.0. The van der Waals surface area contributed by atoms with Gasteiger partial charge < -0.3 is 11.1 Å². The van der Waals surface area contributed by atoms with Crippen LogP contribution in [0, 0.1) is 0 Å². The van der Waals surface area contributed by atoms with Crippen LogP contribution in [0.15, 0.2) is 18.3 Å². The first kappa shape index (κ1) is 11.4. The number of hydrogen-bond donors (Lipinski definition) is 2. The first-order chi connectivity index (χ1) is 8.22. The molecule has 0 bridgehead atoms. The molecule has 2 heterocycles. The van der Waals surface area contributed by atoms with E-state index < -0.39 is 0 Å². The Morgan fingerprint density at radius 2 is 2.29 bits per heavy atom. The van der Waals surface area contributed by atoms with Crippen molar-refractivity contribution in [3.05, 3.63) is 29.7 Å². The largest absolute Gasteiger partial charge is 0.394 e. The van der Waals surface area contributed by atoms with Gasteiger partial charge in [0.2, 0.25) is 0 Å². The van der Waals surface area contributed by atoms with E-state index >= 15 is 0 Å². The van der Waals surface area contributed by atoms with Crippen LogP contribution in [-0.4, -0.2) is 20.0 Å². The van der Waals surface area contributed by atoms with Gasteiger partial charge in [0.05, 0.1) is 23.6 Å². The van der Waals surface area contributed by atoms with Gasteiger partial charge in [-0.2, -0.15) is 15.3 Å². The SMILES string of the molecule is CCc1nn(C)c(NCc2cccnn2)c1N. The molecule has 0 aromatic carbocycles. The number of aromatic nitrogens is 4. The molecule has 0 saturated heterocycles. The zero-order valence-corrected chi connectivity index (χ0v) is 10.0. The molecule has 6 heteroatoms. The van der Waals surface area contributed by atoms with Crippen LogP contribution in [0.1, 0.15) is 18.3 Å². The Bertz CT molecular complexity index is 490. The highest BCUT2D eigenvalue weighted by molar-refractivity contribution is 5.64. The van der Waals surface area contributed by atoms with Crippen LogP contribution in [0.4, 0.5) is 11.5 Å². The molecule has 0 radical (unpaired) electrons. The van der Waals surface area contributed by atoms with Crippen molar-refractivity contribution in [1.29, 1.82) is 0 Å². The van der Waals surface area contributed by atoms with E-state index in [1.54, 1.807) is 10.9 Å². The third-order valence-corrected chi connectivity index (χ3v) is 2.56. The highest BCUT2D eigenvalue weighted by Crippen LogP contribution is 2.22. The average Bonchev–Trinajstić information content (AvgIpc) is 2.63. The first-order valence-electron chi connectivity index (χ1n) is 5.54. The Labute approximate surface area is 99.9 Å². The molecule has 0 atom stereocenters. The van der Waals surface area contributed by atoms with Crippen LogP contribution in [0.3, 0.4) is 0 Å². The van der Waals surface area contributed by atoms with Crippen molar-refractivity contribution in [2.24, 2.45) is 7.05 Å². The molecule has 0 aliphatic rings. The molecular weight excluding hydrogens is 216 g/mol. The molecule has 0 spiro atoms. The van der Waals surface area contributed by atoms with Crippen molar-refractivity contribution < 1.29 is 0 Å². The summed E-state index contributed by atoms with van der Waals surface area (Å²) in [6.45, 7) is 2.62. The summed E-state index contributed by atoms with van der Waals surface area (Å²) in [5.41, 5.74) is 8.48. The van der Waals surface area contributed by atoms with Gasteiger partial charge >= 0.3 is 0 Å². The van der Waals surface area contributed by atoms with E-state index in [9.17, 15) is 0 Å². The number of nitrogens with one attached hydrogen (secondary N) is 1. The smallest absolute Gasteiger partial charge is 0.148 e. The van der Waals surface area contributed by atoms with E-state index in [2.05, 4.69) is 20.6 Å². The number of nitrogens with two attached hydrogens (primary N) is 1. The molecule has 0 saturated carbocycles. The molecule has 0 fully saturated rings. The molecule has 0 aliphatic heterocycles. The van der Waals surface area contributed by atoms with Gasteiger partial charge in [0, 0.05) is 13.2 Å². The molecule has 2 rings (SSSR count). The van der Waals surface area contributed by atoms with Gasteiger partial charge in [-0.25, -0.2) is 0 Å². The van der Waals surface area contributed by atoms with Crippen molar-refractivity contribution in [1.82, 2.24) is 20.0 Å². The van der Waals surface area contributed by atoms with Crippen LogP contribution < -0.4 is 11.1 Å². The second-order valence-corrected chi connectivity index (χ2v) is 3.75. The van der Waals surface area contributed by atoms with Crippen LogP contribution in [-0.2, 0) is 20.0 Å². The van der Waals surface area contributed by atoms with Crippen LogP contribution in [0.25, 0.3) is 0 Å². The van der Waals surface area contributed by atoms with Gasteiger partial charge in [0.25, 0.3) is 0 Å². The molecule has 17 heavy (non-hydrogen) atoms. The van der Waals surface area contributed by atoms with Crippen molar-refractivity contribution >= 4 is 11.5 Å². The van der Waals surface area contributed by atoms with Crippen molar-refractivity contribution in [3.8, 4) is 0 Å². The van der Waals surface area contributed by atoms with Crippen molar-refractivity contribution in [2.75, 3.05) is 11.1 Å². The first-order valence-corrected chi connectivity index (χ1v) is 5.54. The van der Waals surface area contributed by atoms with E-state index in [1.165, 1.54) is 0 Å². The number of anilines is 2. The van der Waals surface area contributed by atoms with Crippen LogP contribution >= 0.6 is 0 Å². The molecule has 0 amide bonds. The van der Waals surface area contributed by atoms with E-state index in [0.717, 1.165) is 23.6 Å². The summed E-state index contributed by atoms with van der Waals surface area (Å²) in [6.07, 6.45) is 2.48. The van der Waals surface area contributed by atoms with E-state index in [1.807, 2.05) is 26.1 Å². The Morgan fingerprint density at radius 3 is 2.88 bits per heavy atom. The van der Waals surface area contributed by atoms with E-state index in [-0.39, 0.29) is 0 Å². The molecule has 2 aromatic heterocycles. The molecule has 3 N–H and O–H groups in total. The maximum absolute atomic E-state index is 6.00. The van der Waals surface area contributed by atoms with Crippen LogP contribution in [0.2, 0.25) is 0 Å². The maximum atomic E-state index is 6.00. The summed E-state index contributed by atoms with van der Waals surface area (Å²) < 4.78 is 1.75. The van der Waals surface area contributed by atoms with Gasteiger partial charge in [-0.15, -0.1) is 0 Å². The monoisotopic (exact) mass is 232 g/mol. The molecule has 2 aromatic rings. The van der Waals surface area contributed by atoms with E-state index in [0.29, 0.717) is 12.2 Å². The molecule has 6 nitrogen and oxygen atoms in total. The number of aryl methyl sites for hydroxylation is 2. The van der Waals surface area contributed by atoms with Gasteiger partial charge in [-0.05, 0) is 18.6 Å². The van der Waals surface area contributed by atoms with Gasteiger partial charge in [0.1, 0.15) is 5.82 Å². The predicted octanol–water partition coefficient (Wildman–Crippen LogP) is 0.967. The summed E-state index contributed by atoms with van der Waals surface area (Å²) in [4.78, 5) is 0. The fourth-order valence-electron chi connectivity index (χ4n) is 1.67. The third-order valence-electron chi connectivity index (χ3n) is 2.56. The Kier molecular flexibility index (Phi) is 3.22. The summed E-state index contributed by atoms with van der Waals surface area (Å²) in [6, 6.07) is 3.77. The summed E-state index contributed by atoms with van der Waals surface area (Å²) in [5.74, 6) is 0.826. The summed E-state index contributed by atoms with van der Waals surface area (Å²) in [7, 11) is 1.87. The molecular formula is C11H16N6. The highest BCUT2D eigenvalue weighted by Gasteiger charge is 2.11. The van der Waals surface area contributed by atoms with Gasteiger partial charge in [0.15, 0.2) is 0 Å². The normalized spacial score (nSPS) is 10.5. The quantitative estimate of drug-likeness (QED) is 0.820. The standard InChI is InChI=1S/C11H16N6/c1-3-9-10(12)11(17(2)16-9)13-7-8-5-4-6-14-15-8/h4-6,13H,3,7,12H2,1-2H3. The lowest BCUT2D eigenvalue weighted by molar-refractivity contribution is 0.746. The number of hydrogen-bond acceptors (Lipinski definition) is 5.